The summed E-state index contributed by atoms with van der Waals surface area (Å²) in [7, 11) is 0. The lowest BCUT2D eigenvalue weighted by molar-refractivity contribution is 1.27. The lowest BCUT2D eigenvalue weighted by atomic mass is 10.1. The number of nitriles is 2. The summed E-state index contributed by atoms with van der Waals surface area (Å²) < 4.78 is 1.24. The Morgan fingerprint density at radius 1 is 1.37 bits per heavy atom. The Balaban J connectivity index is 2.46. The van der Waals surface area contributed by atoms with Gasteiger partial charge in [0.2, 0.25) is 0 Å². The molecule has 4 nitrogen and oxygen atoms in total. The van der Waals surface area contributed by atoms with Gasteiger partial charge in [0.15, 0.2) is 5.70 Å². The van der Waals surface area contributed by atoms with Crippen molar-refractivity contribution in [1.29, 1.82) is 10.5 Å². The molecular weight excluding hydrogens is 276 g/mol. The van der Waals surface area contributed by atoms with E-state index in [1.165, 1.54) is 15.0 Å². The molecule has 0 fully saturated rings. The maximum absolute atomic E-state index is 8.87. The predicted octanol–water partition coefficient (Wildman–Crippen LogP) is 3.22. The number of nitrogens with two attached hydrogens (primary N) is 1. The zero-order valence-corrected chi connectivity index (χ0v) is 12.0. The van der Waals surface area contributed by atoms with Crippen LogP contribution in [0.1, 0.15) is 16.0 Å². The van der Waals surface area contributed by atoms with Crippen LogP contribution in [0.5, 0.6) is 0 Å². The van der Waals surface area contributed by atoms with E-state index in [9.17, 15) is 0 Å². The van der Waals surface area contributed by atoms with E-state index >= 15 is 0 Å². The average molecular weight is 286 g/mol. The molecule has 0 spiro atoms. The fraction of sp³-hybridized carbons (Fsp3) is 0.154. The third-order valence-corrected chi connectivity index (χ3v) is 5.13. The smallest absolute Gasteiger partial charge is 0.174 e. The molecule has 2 rings (SSSR count). The van der Waals surface area contributed by atoms with E-state index in [1.807, 2.05) is 13.0 Å². The molecule has 19 heavy (non-hydrogen) atoms. The summed E-state index contributed by atoms with van der Waals surface area (Å²) in [5, 5.41) is 20.9. The molecule has 0 bridgehead atoms. The highest BCUT2D eigenvalue weighted by molar-refractivity contribution is 7.38. The van der Waals surface area contributed by atoms with Crippen LogP contribution < -0.4 is 5.73 Å². The standard InChI is InChI=1S/C13H10N4S2/c1-7-6-18-13-12(7)8(2)11(19-13)5-17-10(4-15)9(16)3-14/h5-6H,16H2,1-2H3. The summed E-state index contributed by atoms with van der Waals surface area (Å²) in [4.78, 5) is 5.00. The van der Waals surface area contributed by atoms with E-state index in [0.29, 0.717) is 0 Å². The maximum Gasteiger partial charge on any atom is 0.174 e. The van der Waals surface area contributed by atoms with Crippen LogP contribution in [0, 0.1) is 36.5 Å². The number of thiophene rings is 2. The Morgan fingerprint density at radius 3 is 2.68 bits per heavy atom. The molecule has 0 saturated heterocycles. The van der Waals surface area contributed by atoms with Gasteiger partial charge in [0.25, 0.3) is 0 Å². The molecule has 0 aromatic carbocycles. The molecule has 2 aromatic rings. The van der Waals surface area contributed by atoms with Crippen LogP contribution in [0.3, 0.4) is 0 Å². The van der Waals surface area contributed by atoms with Gasteiger partial charge in [-0.2, -0.15) is 10.5 Å². The lowest BCUT2D eigenvalue weighted by Gasteiger charge is -1.93. The number of rotatable bonds is 2. The summed E-state index contributed by atoms with van der Waals surface area (Å²) >= 11 is 3.33. The van der Waals surface area contributed by atoms with Crippen LogP contribution in [-0.2, 0) is 0 Å². The Hall–Kier alpha value is -2.15. The largest absolute Gasteiger partial charge is 0.388 e. The van der Waals surface area contributed by atoms with Crippen molar-refractivity contribution in [3.8, 4) is 12.1 Å². The minimum atomic E-state index is -0.161. The second-order valence-electron chi connectivity index (χ2n) is 3.92. The van der Waals surface area contributed by atoms with Crippen molar-refractivity contribution in [2.24, 2.45) is 10.7 Å². The summed E-state index contributed by atoms with van der Waals surface area (Å²) in [6.07, 6.45) is 1.61. The van der Waals surface area contributed by atoms with Crippen molar-refractivity contribution in [2.45, 2.75) is 13.8 Å². The molecule has 2 aromatic heterocycles. The molecule has 0 atom stereocenters. The highest BCUT2D eigenvalue weighted by Gasteiger charge is 2.11. The van der Waals surface area contributed by atoms with E-state index in [-0.39, 0.29) is 11.4 Å². The quantitative estimate of drug-likeness (QED) is 0.679. The first-order valence-electron chi connectivity index (χ1n) is 5.39. The Bertz CT molecular complexity index is 778. The van der Waals surface area contributed by atoms with Gasteiger partial charge >= 0.3 is 0 Å². The van der Waals surface area contributed by atoms with Crippen molar-refractivity contribution in [1.82, 2.24) is 0 Å². The first-order valence-corrected chi connectivity index (χ1v) is 7.09. The van der Waals surface area contributed by atoms with E-state index in [4.69, 9.17) is 16.3 Å². The molecule has 0 aliphatic heterocycles. The third kappa shape index (κ3) is 2.37. The average Bonchev–Trinajstić information content (AvgIpc) is 2.92. The van der Waals surface area contributed by atoms with Gasteiger partial charge in [0.1, 0.15) is 17.8 Å². The number of nitrogens with zero attached hydrogens (tertiary/aromatic N) is 3. The third-order valence-electron chi connectivity index (χ3n) is 2.68. The summed E-state index contributed by atoms with van der Waals surface area (Å²) in [5.41, 5.74) is 7.59. The second kappa shape index (κ2) is 5.23. The van der Waals surface area contributed by atoms with Crippen LogP contribution in [0.15, 0.2) is 21.8 Å². The van der Waals surface area contributed by atoms with Gasteiger partial charge in [0, 0.05) is 11.6 Å². The van der Waals surface area contributed by atoms with Crippen molar-refractivity contribution in [3.63, 3.8) is 0 Å². The van der Waals surface area contributed by atoms with Crippen LogP contribution in [0.4, 0.5) is 0 Å². The number of aryl methyl sites for hydroxylation is 2. The zero-order valence-electron chi connectivity index (χ0n) is 10.4. The highest BCUT2D eigenvalue weighted by atomic mass is 32.2. The molecule has 0 saturated carbocycles. The second-order valence-corrected chi connectivity index (χ2v) is 6.11. The fourth-order valence-corrected chi connectivity index (χ4v) is 4.12. The normalized spacial score (nSPS) is 12.4. The van der Waals surface area contributed by atoms with Crippen LogP contribution >= 0.6 is 22.7 Å². The lowest BCUT2D eigenvalue weighted by Crippen LogP contribution is -1.97. The van der Waals surface area contributed by atoms with Gasteiger partial charge in [-0.1, -0.05) is 0 Å². The van der Waals surface area contributed by atoms with Gasteiger partial charge in [-0.3, -0.25) is 0 Å². The van der Waals surface area contributed by atoms with Gasteiger partial charge in [-0.25, -0.2) is 4.99 Å². The van der Waals surface area contributed by atoms with Gasteiger partial charge in [0.05, 0.1) is 8.89 Å². The number of allylic oxidation sites excluding steroid dienone is 2. The Labute approximate surface area is 118 Å². The number of fused-ring (bicyclic) bond motifs is 1. The topological polar surface area (TPSA) is 86.0 Å². The van der Waals surface area contributed by atoms with Crippen molar-refractivity contribution >= 4 is 38.3 Å². The SMILES string of the molecule is Cc1csc2sc(C=NC(C#N)=C(N)C#N)c(C)c12. The van der Waals surface area contributed by atoms with Gasteiger partial charge in [-0.05, 0) is 30.4 Å². The van der Waals surface area contributed by atoms with Crippen molar-refractivity contribution < 1.29 is 0 Å². The van der Waals surface area contributed by atoms with E-state index < -0.39 is 0 Å². The molecule has 94 valence electrons. The van der Waals surface area contributed by atoms with Gasteiger partial charge in [-0.15, -0.1) is 22.7 Å². The van der Waals surface area contributed by atoms with Gasteiger partial charge < -0.3 is 5.73 Å². The number of hydrogen-bond donors (Lipinski definition) is 1. The zero-order chi connectivity index (χ0) is 14.0. The predicted molar refractivity (Wildman–Crippen MR) is 79.2 cm³/mol. The van der Waals surface area contributed by atoms with Crippen LogP contribution in [-0.4, -0.2) is 6.21 Å². The number of aliphatic imine (C=N–C) groups is 1. The molecule has 0 unspecified atom stereocenters. The fourth-order valence-electron chi connectivity index (χ4n) is 1.70. The molecule has 0 aliphatic carbocycles. The van der Waals surface area contributed by atoms with Crippen LogP contribution in [0.25, 0.3) is 9.40 Å². The summed E-state index contributed by atoms with van der Waals surface area (Å²) in [5.74, 6) is 0. The molecule has 2 N–H and O–H groups in total. The van der Waals surface area contributed by atoms with Crippen LogP contribution in [0.2, 0.25) is 0 Å². The molecular formula is C13H10N4S2. The van der Waals surface area contributed by atoms with E-state index in [0.717, 1.165) is 10.4 Å². The molecule has 0 aliphatic rings. The van der Waals surface area contributed by atoms with E-state index in [2.05, 4.69) is 17.3 Å². The molecule has 0 amide bonds. The Kier molecular flexibility index (Phi) is 3.66. The molecule has 2 heterocycles. The highest BCUT2D eigenvalue weighted by Crippen LogP contribution is 2.36. The first-order chi connectivity index (χ1) is 9.08. The summed E-state index contributed by atoms with van der Waals surface area (Å²) in [6.45, 7) is 4.11. The molecule has 6 heteroatoms. The van der Waals surface area contributed by atoms with E-state index in [1.54, 1.807) is 35.0 Å². The first kappa shape index (κ1) is 13.3. The minimum Gasteiger partial charge on any atom is -0.388 e. The monoisotopic (exact) mass is 286 g/mol. The number of hydrogen-bond acceptors (Lipinski definition) is 6. The minimum absolute atomic E-state index is 0.0459. The Morgan fingerprint density at radius 2 is 2.11 bits per heavy atom. The maximum atomic E-state index is 8.87. The van der Waals surface area contributed by atoms with Crippen molar-refractivity contribution in [3.05, 3.63) is 32.8 Å². The van der Waals surface area contributed by atoms with Crippen molar-refractivity contribution in [2.75, 3.05) is 0 Å². The summed E-state index contributed by atoms with van der Waals surface area (Å²) in [6, 6.07) is 3.55. The molecule has 0 radical (unpaired) electrons.